The molecule has 0 aliphatic carbocycles. The minimum atomic E-state index is -1.35. The molecule has 0 spiro atoms. The van der Waals surface area contributed by atoms with E-state index >= 15 is 0 Å². The first-order chi connectivity index (χ1) is 18.2. The topological polar surface area (TPSA) is 8.81 Å². The summed E-state index contributed by atoms with van der Waals surface area (Å²) in [6, 6.07) is 33.7. The Hall–Kier alpha value is -4.02. The average Bonchev–Trinajstić information content (AvgIpc) is 3.23. The first-order valence-corrected chi connectivity index (χ1v) is 16.6. The van der Waals surface area contributed by atoms with Crippen LogP contribution in [0.2, 0.25) is 19.6 Å². The number of para-hydroxylation sites is 1. The fraction of sp³-hybridized carbons (Fsp3) is 0.147. The number of rotatable bonds is 4. The maximum Gasteiger partial charge on any atom is 0.237 e. The second-order valence-corrected chi connectivity index (χ2v) is 16.3. The van der Waals surface area contributed by atoms with E-state index in [-0.39, 0.29) is 5.82 Å². The predicted octanol–water partition coefficient (Wildman–Crippen LogP) is 7.93. The van der Waals surface area contributed by atoms with E-state index in [0.717, 1.165) is 33.5 Å². The second-order valence-electron chi connectivity index (χ2n) is 11.2. The maximum absolute atomic E-state index is 14.1. The van der Waals surface area contributed by atoms with Crippen LogP contribution in [0.4, 0.5) is 4.39 Å². The fourth-order valence-corrected chi connectivity index (χ4v) is 6.73. The minimum absolute atomic E-state index is 0.213. The third-order valence-electron chi connectivity index (χ3n) is 7.59. The molecule has 2 nitrogen and oxygen atoms in total. The van der Waals surface area contributed by atoms with Gasteiger partial charge in [-0.1, -0.05) is 79.4 Å². The van der Waals surface area contributed by atoms with E-state index in [1.807, 2.05) is 13.0 Å². The van der Waals surface area contributed by atoms with Gasteiger partial charge in [0.15, 0.2) is 6.20 Å². The molecule has 0 atom stereocenters. The van der Waals surface area contributed by atoms with Crippen LogP contribution in [0.15, 0.2) is 103 Å². The Kier molecular flexibility index (Phi) is 5.80. The number of fused-ring (bicyclic) bond motifs is 3. The summed E-state index contributed by atoms with van der Waals surface area (Å²) in [7, 11) is 0.711. The van der Waals surface area contributed by atoms with Crippen molar-refractivity contribution in [1.29, 1.82) is 0 Å². The lowest BCUT2D eigenvalue weighted by Crippen LogP contribution is -2.37. The highest BCUT2D eigenvalue weighted by molar-refractivity contribution is 6.88. The molecular formula is C34H32FN2Si+. The molecule has 0 unspecified atom stereocenters. The van der Waals surface area contributed by atoms with Crippen molar-refractivity contribution in [2.45, 2.75) is 26.6 Å². The second kappa shape index (κ2) is 9.07. The fourth-order valence-electron chi connectivity index (χ4n) is 5.56. The molecule has 0 N–H and O–H groups in total. The molecule has 2 heterocycles. The van der Waals surface area contributed by atoms with Crippen molar-refractivity contribution in [1.82, 2.24) is 4.57 Å². The number of hydrogen-bond donors (Lipinski definition) is 0. The van der Waals surface area contributed by atoms with Crippen LogP contribution >= 0.6 is 0 Å². The molecule has 6 rings (SSSR count). The third kappa shape index (κ3) is 4.06. The largest absolute Gasteiger partial charge is 0.303 e. The molecule has 0 fully saturated rings. The van der Waals surface area contributed by atoms with Crippen molar-refractivity contribution in [3.63, 3.8) is 0 Å². The molecule has 0 aliphatic rings. The van der Waals surface area contributed by atoms with Crippen molar-refractivity contribution in [2.75, 3.05) is 0 Å². The van der Waals surface area contributed by atoms with E-state index in [0.29, 0.717) is 0 Å². The van der Waals surface area contributed by atoms with Crippen LogP contribution in [0.3, 0.4) is 0 Å². The van der Waals surface area contributed by atoms with Crippen molar-refractivity contribution in [3.8, 4) is 28.1 Å². The lowest BCUT2D eigenvalue weighted by molar-refractivity contribution is -0.659. The van der Waals surface area contributed by atoms with Gasteiger partial charge in [-0.2, -0.15) is 4.57 Å². The lowest BCUT2D eigenvalue weighted by atomic mass is 10.0. The highest BCUT2D eigenvalue weighted by Crippen LogP contribution is 2.37. The third-order valence-corrected chi connectivity index (χ3v) is 9.65. The van der Waals surface area contributed by atoms with Crippen molar-refractivity contribution < 1.29 is 8.96 Å². The van der Waals surface area contributed by atoms with Gasteiger partial charge in [0.1, 0.15) is 18.4 Å². The Morgan fingerprint density at radius 3 is 2.24 bits per heavy atom. The Morgan fingerprint density at radius 1 is 0.737 bits per heavy atom. The molecule has 38 heavy (non-hydrogen) atoms. The normalized spacial score (nSPS) is 11.9. The molecule has 6 aromatic rings. The molecule has 188 valence electrons. The number of nitrogens with zero attached hydrogens (tertiary/aromatic N) is 2. The Balaban J connectivity index is 1.63. The summed E-state index contributed by atoms with van der Waals surface area (Å²) in [6.45, 7) is 9.12. The van der Waals surface area contributed by atoms with E-state index < -0.39 is 8.07 Å². The van der Waals surface area contributed by atoms with Gasteiger partial charge >= 0.3 is 0 Å². The number of pyridine rings is 1. The van der Waals surface area contributed by atoms with Gasteiger partial charge in [0.2, 0.25) is 5.69 Å². The lowest BCUT2D eigenvalue weighted by Gasteiger charge is -2.17. The van der Waals surface area contributed by atoms with Crippen molar-refractivity contribution in [2.24, 2.45) is 7.05 Å². The first-order valence-electron chi connectivity index (χ1n) is 13.1. The predicted molar refractivity (Wildman–Crippen MR) is 161 cm³/mol. The highest BCUT2D eigenvalue weighted by atomic mass is 28.3. The molecule has 0 saturated carbocycles. The summed E-state index contributed by atoms with van der Waals surface area (Å²) < 4.78 is 18.6. The first kappa shape index (κ1) is 24.3. The number of hydrogen-bond acceptors (Lipinski definition) is 0. The minimum Gasteiger partial charge on any atom is -0.303 e. The number of aromatic nitrogens is 2. The van der Waals surface area contributed by atoms with Crippen LogP contribution in [0, 0.1) is 12.7 Å². The number of aryl methyl sites for hydroxylation is 2. The zero-order chi connectivity index (χ0) is 26.6. The monoisotopic (exact) mass is 515 g/mol. The van der Waals surface area contributed by atoms with Crippen molar-refractivity contribution in [3.05, 3.63) is 115 Å². The van der Waals surface area contributed by atoms with Crippen LogP contribution in [-0.2, 0) is 7.05 Å². The van der Waals surface area contributed by atoms with E-state index in [1.54, 1.807) is 12.1 Å². The Labute approximate surface area is 224 Å². The molecule has 2 aromatic heterocycles. The summed E-state index contributed by atoms with van der Waals surface area (Å²) in [5, 5.41) is 3.85. The smallest absolute Gasteiger partial charge is 0.237 e. The Morgan fingerprint density at radius 2 is 1.50 bits per heavy atom. The molecule has 4 aromatic carbocycles. The van der Waals surface area contributed by atoms with E-state index in [4.69, 9.17) is 0 Å². The van der Waals surface area contributed by atoms with Crippen molar-refractivity contribution >= 4 is 35.1 Å². The molecule has 0 aliphatic heterocycles. The molecule has 0 radical (unpaired) electrons. The van der Waals surface area contributed by atoms with Crippen LogP contribution in [-0.4, -0.2) is 12.6 Å². The quantitative estimate of drug-likeness (QED) is 0.166. The molecule has 0 saturated heterocycles. The van der Waals surface area contributed by atoms with Gasteiger partial charge in [0.05, 0.1) is 19.2 Å². The Bertz CT molecular complexity index is 1820. The zero-order valence-electron chi connectivity index (χ0n) is 22.6. The van der Waals surface area contributed by atoms with Crippen LogP contribution in [0.25, 0.3) is 49.9 Å². The number of benzene rings is 4. The number of halogens is 1. The van der Waals surface area contributed by atoms with Gasteiger partial charge < -0.3 is 4.57 Å². The summed E-state index contributed by atoms with van der Waals surface area (Å²) in [5.41, 5.74) is 8.81. The summed E-state index contributed by atoms with van der Waals surface area (Å²) in [5.74, 6) is -0.213. The molecular weight excluding hydrogens is 483 g/mol. The average molecular weight is 516 g/mol. The molecule has 0 amide bonds. The van der Waals surface area contributed by atoms with E-state index in [2.05, 4.69) is 121 Å². The van der Waals surface area contributed by atoms with Crippen LogP contribution in [0.1, 0.15) is 5.56 Å². The SMILES string of the molecule is Cc1cc(F)ccc1-c1c2c(cc[n+]1C)c1ccccc1n2-c1cccc(-c2ccc([Si](C)(C)C)cc2)c1. The molecule has 4 heteroatoms. The summed E-state index contributed by atoms with van der Waals surface area (Å²) in [6.07, 6.45) is 2.10. The standard InChI is InChI=1S/C34H32FN2Si/c1-23-21-26(35)15-18-29(23)33-34-31(19-20-36(33)2)30-11-6-7-12-32(30)37(34)27-10-8-9-25(22-27)24-13-16-28(17-14-24)38(3,4)5/h6-22H,1-5H3/q+1. The van der Waals surface area contributed by atoms with Gasteiger partial charge in [-0.3, -0.25) is 0 Å². The van der Waals surface area contributed by atoms with Crippen LogP contribution in [0.5, 0.6) is 0 Å². The van der Waals surface area contributed by atoms with E-state index in [9.17, 15) is 4.39 Å². The molecule has 0 bridgehead atoms. The summed E-state index contributed by atoms with van der Waals surface area (Å²) >= 11 is 0. The summed E-state index contributed by atoms with van der Waals surface area (Å²) in [4.78, 5) is 0. The van der Waals surface area contributed by atoms with E-state index in [1.165, 1.54) is 27.1 Å². The van der Waals surface area contributed by atoms with Gasteiger partial charge in [-0.25, -0.2) is 4.39 Å². The van der Waals surface area contributed by atoms with Gasteiger partial charge in [-0.15, -0.1) is 0 Å². The van der Waals surface area contributed by atoms with Gasteiger partial charge in [-0.05, 0) is 60.0 Å². The highest BCUT2D eigenvalue weighted by Gasteiger charge is 2.24. The van der Waals surface area contributed by atoms with Gasteiger partial charge in [0.25, 0.3) is 0 Å². The van der Waals surface area contributed by atoms with Gasteiger partial charge in [0, 0.05) is 22.5 Å². The maximum atomic E-state index is 14.1. The zero-order valence-corrected chi connectivity index (χ0v) is 23.6. The van der Waals surface area contributed by atoms with Crippen LogP contribution < -0.4 is 9.75 Å².